The van der Waals surface area contributed by atoms with Gasteiger partial charge >= 0.3 is 5.97 Å². The van der Waals surface area contributed by atoms with E-state index in [1.165, 1.54) is 11.8 Å². The second kappa shape index (κ2) is 6.51. The largest absolute Gasteiger partial charge is 0.480 e. The molecule has 0 saturated carbocycles. The highest BCUT2D eigenvalue weighted by Crippen LogP contribution is 2.23. The first-order chi connectivity index (χ1) is 10.0. The van der Waals surface area contributed by atoms with Crippen LogP contribution in [0.1, 0.15) is 19.8 Å². The second-order valence-corrected chi connectivity index (χ2v) is 5.29. The Morgan fingerprint density at radius 1 is 1.38 bits per heavy atom. The molecule has 1 atom stereocenters. The third-order valence-electron chi connectivity index (χ3n) is 4.00. The summed E-state index contributed by atoms with van der Waals surface area (Å²) in [6, 6.07) is -0.796. The summed E-state index contributed by atoms with van der Waals surface area (Å²) < 4.78 is 0. The Hall–Kier alpha value is -2.18. The van der Waals surface area contributed by atoms with Crippen LogP contribution in [0.2, 0.25) is 0 Å². The predicted molar refractivity (Wildman–Crippen MR) is 76.8 cm³/mol. The minimum absolute atomic E-state index is 0.0938. The van der Waals surface area contributed by atoms with Crippen molar-refractivity contribution in [2.24, 2.45) is 5.92 Å². The van der Waals surface area contributed by atoms with Crippen molar-refractivity contribution in [3.8, 4) is 0 Å². The first-order valence-electron chi connectivity index (χ1n) is 7.01. The highest BCUT2D eigenvalue weighted by Gasteiger charge is 2.31. The number of anilines is 1. The molecule has 0 spiro atoms. The Kier molecular flexibility index (Phi) is 4.72. The molecule has 0 aliphatic carbocycles. The van der Waals surface area contributed by atoms with Gasteiger partial charge in [-0.05, 0) is 19.8 Å². The molecule has 1 saturated heterocycles. The van der Waals surface area contributed by atoms with Gasteiger partial charge in [0.15, 0.2) is 0 Å². The van der Waals surface area contributed by atoms with Crippen molar-refractivity contribution < 1.29 is 14.7 Å². The summed E-state index contributed by atoms with van der Waals surface area (Å²) in [5.74, 6) is -0.382. The van der Waals surface area contributed by atoms with Crippen LogP contribution >= 0.6 is 0 Å². The molecule has 1 amide bonds. The van der Waals surface area contributed by atoms with Crippen LogP contribution in [0.3, 0.4) is 0 Å². The van der Waals surface area contributed by atoms with Crippen molar-refractivity contribution in [3.05, 3.63) is 18.6 Å². The van der Waals surface area contributed by atoms with Gasteiger partial charge in [0.25, 0.3) is 0 Å². The standard InChI is InChI=1S/C14H20N4O3/c1-10(14(20)21)17(2)13(19)11-3-7-18(8-4-11)12-9-15-5-6-16-12/h5-6,9-11H,3-4,7-8H2,1-2H3,(H,20,21). The third-order valence-corrected chi connectivity index (χ3v) is 4.00. The number of hydrogen-bond donors (Lipinski definition) is 1. The fourth-order valence-electron chi connectivity index (χ4n) is 2.45. The molecule has 21 heavy (non-hydrogen) atoms. The maximum Gasteiger partial charge on any atom is 0.326 e. The van der Waals surface area contributed by atoms with Crippen molar-refractivity contribution in [1.29, 1.82) is 0 Å². The molecule has 2 rings (SSSR count). The topological polar surface area (TPSA) is 86.6 Å². The first-order valence-corrected chi connectivity index (χ1v) is 7.01. The van der Waals surface area contributed by atoms with Crippen LogP contribution < -0.4 is 4.90 Å². The van der Waals surface area contributed by atoms with E-state index in [4.69, 9.17) is 5.11 Å². The number of carbonyl (C=O) groups excluding carboxylic acids is 1. The molecule has 114 valence electrons. The normalized spacial score (nSPS) is 17.3. The average Bonchev–Trinajstić information content (AvgIpc) is 2.53. The van der Waals surface area contributed by atoms with Crippen molar-refractivity contribution >= 4 is 17.7 Å². The number of piperidine rings is 1. The van der Waals surface area contributed by atoms with E-state index in [1.54, 1.807) is 25.6 Å². The lowest BCUT2D eigenvalue weighted by Gasteiger charge is -2.34. The van der Waals surface area contributed by atoms with Gasteiger partial charge in [0.05, 0.1) is 6.20 Å². The fourth-order valence-corrected chi connectivity index (χ4v) is 2.45. The Labute approximate surface area is 123 Å². The zero-order valence-electron chi connectivity index (χ0n) is 12.3. The van der Waals surface area contributed by atoms with E-state index in [2.05, 4.69) is 14.9 Å². The van der Waals surface area contributed by atoms with E-state index in [0.29, 0.717) is 12.8 Å². The van der Waals surface area contributed by atoms with Crippen LogP contribution in [0.25, 0.3) is 0 Å². The molecule has 0 aromatic carbocycles. The smallest absolute Gasteiger partial charge is 0.326 e. The van der Waals surface area contributed by atoms with E-state index < -0.39 is 12.0 Å². The van der Waals surface area contributed by atoms with E-state index in [1.807, 2.05) is 0 Å². The Bertz CT molecular complexity index is 500. The van der Waals surface area contributed by atoms with Gasteiger partial charge < -0.3 is 14.9 Å². The highest BCUT2D eigenvalue weighted by atomic mass is 16.4. The molecule has 0 bridgehead atoms. The Balaban J connectivity index is 1.92. The van der Waals surface area contributed by atoms with Crippen molar-refractivity contribution in [2.45, 2.75) is 25.8 Å². The lowest BCUT2D eigenvalue weighted by atomic mass is 9.95. The van der Waals surface area contributed by atoms with Crippen molar-refractivity contribution in [3.63, 3.8) is 0 Å². The van der Waals surface area contributed by atoms with E-state index in [0.717, 1.165) is 18.9 Å². The molecule has 1 N–H and O–H groups in total. The average molecular weight is 292 g/mol. The van der Waals surface area contributed by atoms with Crippen LogP contribution in [0.5, 0.6) is 0 Å². The maximum absolute atomic E-state index is 12.3. The molecular weight excluding hydrogens is 272 g/mol. The van der Waals surface area contributed by atoms with Gasteiger partial charge in [0.2, 0.25) is 5.91 Å². The van der Waals surface area contributed by atoms with Gasteiger partial charge in [-0.2, -0.15) is 0 Å². The van der Waals surface area contributed by atoms with Gasteiger partial charge in [-0.1, -0.05) is 0 Å². The number of carbonyl (C=O) groups is 2. The molecule has 1 aliphatic heterocycles. The summed E-state index contributed by atoms with van der Waals surface area (Å²) in [6.07, 6.45) is 6.38. The van der Waals surface area contributed by atoms with E-state index in [9.17, 15) is 9.59 Å². The Morgan fingerprint density at radius 2 is 2.05 bits per heavy atom. The molecule has 0 radical (unpaired) electrons. The lowest BCUT2D eigenvalue weighted by Crippen LogP contribution is -2.46. The molecule has 2 heterocycles. The number of aliphatic carboxylic acids is 1. The van der Waals surface area contributed by atoms with Gasteiger partial charge in [0, 0.05) is 38.4 Å². The van der Waals surface area contributed by atoms with Crippen molar-refractivity contribution in [1.82, 2.24) is 14.9 Å². The van der Waals surface area contributed by atoms with E-state index in [-0.39, 0.29) is 11.8 Å². The Morgan fingerprint density at radius 3 is 2.57 bits per heavy atom. The summed E-state index contributed by atoms with van der Waals surface area (Å²) in [7, 11) is 1.55. The number of hydrogen-bond acceptors (Lipinski definition) is 5. The van der Waals surface area contributed by atoms with Crippen LogP contribution in [-0.2, 0) is 9.59 Å². The third kappa shape index (κ3) is 3.48. The fraction of sp³-hybridized carbons (Fsp3) is 0.571. The maximum atomic E-state index is 12.3. The van der Waals surface area contributed by atoms with Gasteiger partial charge in [-0.15, -0.1) is 0 Å². The zero-order chi connectivity index (χ0) is 15.4. The van der Waals surface area contributed by atoms with Crippen LogP contribution in [0.4, 0.5) is 5.82 Å². The van der Waals surface area contributed by atoms with E-state index >= 15 is 0 Å². The highest BCUT2D eigenvalue weighted by molar-refractivity contribution is 5.84. The van der Waals surface area contributed by atoms with Gasteiger partial charge in [-0.25, -0.2) is 9.78 Å². The summed E-state index contributed by atoms with van der Waals surface area (Å²) in [4.78, 5) is 35.0. The molecule has 1 aromatic rings. The van der Waals surface area contributed by atoms with Crippen molar-refractivity contribution in [2.75, 3.05) is 25.0 Å². The van der Waals surface area contributed by atoms with Gasteiger partial charge in [-0.3, -0.25) is 9.78 Å². The number of rotatable bonds is 4. The molecule has 1 unspecified atom stereocenters. The molecule has 1 aliphatic rings. The summed E-state index contributed by atoms with van der Waals surface area (Å²) in [6.45, 7) is 2.98. The minimum atomic E-state index is -0.983. The van der Waals surface area contributed by atoms with Gasteiger partial charge in [0.1, 0.15) is 11.9 Å². The second-order valence-electron chi connectivity index (χ2n) is 5.29. The molecule has 1 fully saturated rings. The molecule has 7 heteroatoms. The zero-order valence-corrected chi connectivity index (χ0v) is 12.3. The summed E-state index contributed by atoms with van der Waals surface area (Å²) in [5, 5.41) is 8.97. The van der Waals surface area contributed by atoms with Crippen LogP contribution in [0.15, 0.2) is 18.6 Å². The molecule has 7 nitrogen and oxygen atoms in total. The molecule has 1 aromatic heterocycles. The first kappa shape index (κ1) is 15.2. The number of carboxylic acid groups (broad SMARTS) is 1. The number of carboxylic acids is 1. The lowest BCUT2D eigenvalue weighted by molar-refractivity contribution is -0.150. The number of likely N-dealkylation sites (N-methyl/N-ethyl adjacent to an activating group) is 1. The minimum Gasteiger partial charge on any atom is -0.480 e. The number of amides is 1. The predicted octanol–water partition coefficient (Wildman–Crippen LogP) is 0.625. The summed E-state index contributed by atoms with van der Waals surface area (Å²) in [5.41, 5.74) is 0. The van der Waals surface area contributed by atoms with Crippen LogP contribution in [-0.4, -0.2) is 58.0 Å². The monoisotopic (exact) mass is 292 g/mol. The number of nitrogens with zero attached hydrogens (tertiary/aromatic N) is 4. The molecular formula is C14H20N4O3. The quantitative estimate of drug-likeness (QED) is 0.875. The number of aromatic nitrogens is 2. The SMILES string of the molecule is CC(C(=O)O)N(C)C(=O)C1CCN(c2cnccn2)CC1. The summed E-state index contributed by atoms with van der Waals surface area (Å²) >= 11 is 0. The van der Waals surface area contributed by atoms with Crippen LogP contribution in [0, 0.1) is 5.92 Å².